The fourth-order valence-electron chi connectivity index (χ4n) is 5.06. The molecule has 3 N–H and O–H groups in total. The summed E-state index contributed by atoms with van der Waals surface area (Å²) in [5.41, 5.74) is 6.91. The van der Waals surface area contributed by atoms with Crippen molar-refractivity contribution in [2.45, 2.75) is 82.6 Å². The molecule has 0 radical (unpaired) electrons. The molecule has 8 nitrogen and oxygen atoms in total. The van der Waals surface area contributed by atoms with Gasteiger partial charge in [-0.2, -0.15) is 0 Å². The van der Waals surface area contributed by atoms with Crippen molar-refractivity contribution in [1.82, 2.24) is 10.2 Å². The molecular formula is C25H35N3O5. The van der Waals surface area contributed by atoms with Gasteiger partial charge in [0.25, 0.3) is 5.91 Å². The van der Waals surface area contributed by atoms with Crippen LogP contribution in [0.1, 0.15) is 73.7 Å². The van der Waals surface area contributed by atoms with Gasteiger partial charge in [0.15, 0.2) is 0 Å². The van der Waals surface area contributed by atoms with E-state index < -0.39 is 6.04 Å². The summed E-state index contributed by atoms with van der Waals surface area (Å²) in [5.74, 6) is 0.752. The third-order valence-corrected chi connectivity index (χ3v) is 7.21. The van der Waals surface area contributed by atoms with Crippen molar-refractivity contribution >= 4 is 17.7 Å². The Kier molecular flexibility index (Phi) is 7.65. The lowest BCUT2D eigenvalue weighted by Crippen LogP contribution is -2.52. The van der Waals surface area contributed by atoms with E-state index in [0.29, 0.717) is 24.6 Å². The number of rotatable bonds is 5. The number of hydrogen-bond donors (Lipinski definition) is 2. The van der Waals surface area contributed by atoms with Crippen LogP contribution < -0.4 is 15.8 Å². The number of fused-ring (bicyclic) bond motifs is 1. The highest BCUT2D eigenvalue weighted by Gasteiger charge is 2.39. The predicted octanol–water partition coefficient (Wildman–Crippen LogP) is 2.53. The number of carbonyl (C=O) groups is 3. The van der Waals surface area contributed by atoms with Crippen molar-refractivity contribution in [2.75, 3.05) is 13.7 Å². The summed E-state index contributed by atoms with van der Waals surface area (Å²) in [6.45, 7) is 1.22. The number of nitrogens with one attached hydrogen (secondary N) is 1. The SMILES string of the molecule is COC1CC(CN)C1.O=C1CCC(N2Cc3cc(OC4CCCCC4)ccc3C2=O)C(=O)N1. The molecule has 5 rings (SSSR count). The van der Waals surface area contributed by atoms with E-state index in [4.69, 9.17) is 15.2 Å². The lowest BCUT2D eigenvalue weighted by molar-refractivity contribution is -0.136. The molecule has 1 aromatic carbocycles. The van der Waals surface area contributed by atoms with E-state index in [1.807, 2.05) is 12.1 Å². The fraction of sp³-hybridized carbons (Fsp3) is 0.640. The first-order chi connectivity index (χ1) is 16.0. The van der Waals surface area contributed by atoms with Crippen molar-refractivity contribution in [3.05, 3.63) is 29.3 Å². The molecule has 1 atom stereocenters. The summed E-state index contributed by atoms with van der Waals surface area (Å²) < 4.78 is 11.1. The standard InChI is InChI=1S/C19H22N2O4.C6H13NO/c22-17-9-8-16(18(23)20-17)21-11-12-10-14(6-7-15(12)19(21)24)25-13-4-2-1-3-5-13;1-8-6-2-5(3-6)4-7/h6-7,10,13,16H,1-5,8-9,11H2,(H,20,22,23);5-6H,2-4,7H2,1H3. The highest BCUT2D eigenvalue weighted by Crippen LogP contribution is 2.32. The third kappa shape index (κ3) is 5.55. The molecule has 0 bridgehead atoms. The van der Waals surface area contributed by atoms with Gasteiger partial charge in [-0.3, -0.25) is 19.7 Å². The summed E-state index contributed by atoms with van der Waals surface area (Å²) in [4.78, 5) is 37.6. The molecule has 1 aromatic rings. The van der Waals surface area contributed by atoms with E-state index in [1.165, 1.54) is 32.1 Å². The van der Waals surface area contributed by atoms with Gasteiger partial charge in [-0.05, 0) is 81.2 Å². The van der Waals surface area contributed by atoms with Crippen molar-refractivity contribution in [3.8, 4) is 5.75 Å². The molecule has 180 valence electrons. The number of benzene rings is 1. The molecular weight excluding hydrogens is 422 g/mol. The average Bonchev–Trinajstić information content (AvgIpc) is 3.10. The Labute approximate surface area is 195 Å². The monoisotopic (exact) mass is 457 g/mol. The number of amides is 3. The Morgan fingerprint density at radius 1 is 1.06 bits per heavy atom. The minimum absolute atomic E-state index is 0.145. The molecule has 0 spiro atoms. The van der Waals surface area contributed by atoms with Gasteiger partial charge in [-0.25, -0.2) is 0 Å². The first-order valence-electron chi connectivity index (χ1n) is 12.2. The van der Waals surface area contributed by atoms with Gasteiger partial charge in [0.1, 0.15) is 11.8 Å². The van der Waals surface area contributed by atoms with Gasteiger partial charge in [0.2, 0.25) is 11.8 Å². The number of nitrogens with two attached hydrogens (primary N) is 1. The van der Waals surface area contributed by atoms with Gasteiger partial charge in [0, 0.05) is 25.6 Å². The number of methoxy groups -OCH3 is 1. The minimum atomic E-state index is -0.569. The zero-order valence-electron chi connectivity index (χ0n) is 19.4. The molecule has 2 heterocycles. The number of piperidine rings is 1. The normalized spacial score (nSPS) is 27.3. The van der Waals surface area contributed by atoms with Crippen LogP contribution in [0.25, 0.3) is 0 Å². The van der Waals surface area contributed by atoms with Gasteiger partial charge in [-0.1, -0.05) is 6.42 Å². The van der Waals surface area contributed by atoms with Crippen molar-refractivity contribution in [3.63, 3.8) is 0 Å². The highest BCUT2D eigenvalue weighted by atomic mass is 16.5. The molecule has 8 heteroatoms. The summed E-state index contributed by atoms with van der Waals surface area (Å²) in [6.07, 6.45) is 9.63. The molecule has 1 unspecified atom stereocenters. The minimum Gasteiger partial charge on any atom is -0.490 e. The zero-order valence-corrected chi connectivity index (χ0v) is 19.4. The van der Waals surface area contributed by atoms with Crippen LogP contribution in [0.4, 0.5) is 0 Å². The molecule has 3 amide bonds. The summed E-state index contributed by atoms with van der Waals surface area (Å²) in [7, 11) is 1.76. The number of hydrogen-bond acceptors (Lipinski definition) is 6. The largest absolute Gasteiger partial charge is 0.490 e. The molecule has 33 heavy (non-hydrogen) atoms. The second-order valence-corrected chi connectivity index (χ2v) is 9.53. The van der Waals surface area contributed by atoms with Crippen LogP contribution in [0, 0.1) is 5.92 Å². The lowest BCUT2D eigenvalue weighted by Gasteiger charge is -2.32. The maximum atomic E-state index is 12.6. The summed E-state index contributed by atoms with van der Waals surface area (Å²) in [5, 5.41) is 2.32. The average molecular weight is 458 g/mol. The van der Waals surface area contributed by atoms with Crippen molar-refractivity contribution < 1.29 is 23.9 Å². The van der Waals surface area contributed by atoms with Crippen molar-refractivity contribution in [1.29, 1.82) is 0 Å². The van der Waals surface area contributed by atoms with Crippen LogP contribution in [0.3, 0.4) is 0 Å². The van der Waals surface area contributed by atoms with Crippen LogP contribution in [0.5, 0.6) is 5.75 Å². The van der Waals surface area contributed by atoms with E-state index in [2.05, 4.69) is 5.32 Å². The van der Waals surface area contributed by atoms with E-state index in [9.17, 15) is 14.4 Å². The molecule has 3 fully saturated rings. The van der Waals surface area contributed by atoms with E-state index in [1.54, 1.807) is 18.1 Å². The molecule has 4 aliphatic rings. The second kappa shape index (κ2) is 10.7. The Morgan fingerprint density at radius 3 is 2.48 bits per heavy atom. The van der Waals surface area contributed by atoms with Crippen molar-refractivity contribution in [2.24, 2.45) is 11.7 Å². The highest BCUT2D eigenvalue weighted by molar-refractivity contribution is 6.05. The lowest BCUT2D eigenvalue weighted by atomic mass is 9.82. The maximum Gasteiger partial charge on any atom is 0.255 e. The molecule has 2 aliphatic heterocycles. The quantitative estimate of drug-likeness (QED) is 0.658. The van der Waals surface area contributed by atoms with Crippen LogP contribution in [0.2, 0.25) is 0 Å². The summed E-state index contributed by atoms with van der Waals surface area (Å²) in [6, 6.07) is 5.00. The number of nitrogens with zero attached hydrogens (tertiary/aromatic N) is 1. The first kappa shape index (κ1) is 23.7. The zero-order chi connectivity index (χ0) is 23.4. The maximum absolute atomic E-state index is 12.6. The summed E-state index contributed by atoms with van der Waals surface area (Å²) >= 11 is 0. The second-order valence-electron chi connectivity index (χ2n) is 9.53. The molecule has 0 aromatic heterocycles. The number of carbonyl (C=O) groups excluding carboxylic acids is 3. The van der Waals surface area contributed by atoms with Gasteiger partial charge >= 0.3 is 0 Å². The smallest absolute Gasteiger partial charge is 0.255 e. The molecule has 2 aliphatic carbocycles. The predicted molar refractivity (Wildman–Crippen MR) is 123 cm³/mol. The van der Waals surface area contributed by atoms with E-state index in [-0.39, 0.29) is 30.2 Å². The van der Waals surface area contributed by atoms with Gasteiger partial charge in [-0.15, -0.1) is 0 Å². The molecule has 1 saturated heterocycles. The third-order valence-electron chi connectivity index (χ3n) is 7.21. The fourth-order valence-corrected chi connectivity index (χ4v) is 5.06. The van der Waals surface area contributed by atoms with Crippen LogP contribution in [0.15, 0.2) is 18.2 Å². The van der Waals surface area contributed by atoms with E-state index in [0.717, 1.165) is 36.6 Å². The number of ether oxygens (including phenoxy) is 2. The number of imide groups is 1. The first-order valence-corrected chi connectivity index (χ1v) is 12.2. The molecule has 2 saturated carbocycles. The van der Waals surface area contributed by atoms with Crippen LogP contribution in [-0.2, 0) is 20.9 Å². The van der Waals surface area contributed by atoms with Crippen LogP contribution >= 0.6 is 0 Å². The Morgan fingerprint density at radius 2 is 1.82 bits per heavy atom. The Bertz CT molecular complexity index is 869. The van der Waals surface area contributed by atoms with E-state index >= 15 is 0 Å². The Balaban J connectivity index is 0.000000275. The van der Waals surface area contributed by atoms with Gasteiger partial charge in [0.05, 0.1) is 12.2 Å². The van der Waals surface area contributed by atoms with Crippen LogP contribution in [-0.4, -0.2) is 54.5 Å². The van der Waals surface area contributed by atoms with Gasteiger partial charge < -0.3 is 20.1 Å². The topological polar surface area (TPSA) is 111 Å². The Hall–Kier alpha value is -2.45.